The maximum atomic E-state index is 12.4. The zero-order valence-corrected chi connectivity index (χ0v) is 20.8. The van der Waals surface area contributed by atoms with Crippen LogP contribution in [0, 0.1) is 0 Å². The molecule has 0 aromatic carbocycles. The van der Waals surface area contributed by atoms with Crippen molar-refractivity contribution in [3.05, 3.63) is 36.3 Å². The van der Waals surface area contributed by atoms with Crippen LogP contribution in [0.25, 0.3) is 10.9 Å². The summed E-state index contributed by atoms with van der Waals surface area (Å²) < 4.78 is 0. The zero-order valence-electron chi connectivity index (χ0n) is 20.8. The van der Waals surface area contributed by atoms with Crippen LogP contribution >= 0.6 is 0 Å². The van der Waals surface area contributed by atoms with Crippen LogP contribution < -0.4 is 15.1 Å². The van der Waals surface area contributed by atoms with Gasteiger partial charge in [0.15, 0.2) is 5.82 Å². The number of carbonyl (C=O) groups excluding carboxylic acids is 1. The molecule has 0 spiro atoms. The number of carbonyl (C=O) groups is 1. The number of nitrogens with one attached hydrogen (secondary N) is 1. The van der Waals surface area contributed by atoms with E-state index >= 15 is 0 Å². The van der Waals surface area contributed by atoms with Gasteiger partial charge in [-0.05, 0) is 64.3 Å². The number of pyridine rings is 2. The van der Waals surface area contributed by atoms with E-state index in [0.29, 0.717) is 42.6 Å². The van der Waals surface area contributed by atoms with Crippen LogP contribution in [0.4, 0.5) is 23.3 Å². The van der Waals surface area contributed by atoms with E-state index in [9.17, 15) is 9.90 Å². The van der Waals surface area contributed by atoms with Gasteiger partial charge in [-0.1, -0.05) is 0 Å². The Morgan fingerprint density at radius 3 is 2.56 bits per heavy atom. The van der Waals surface area contributed by atoms with Gasteiger partial charge in [-0.3, -0.25) is 9.69 Å². The van der Waals surface area contributed by atoms with Crippen LogP contribution in [0.1, 0.15) is 50.8 Å². The molecule has 3 aliphatic heterocycles. The van der Waals surface area contributed by atoms with Crippen LogP contribution in [0.3, 0.4) is 0 Å². The number of piperidine rings is 1. The maximum Gasteiger partial charge on any atom is 0.241 e. The summed E-state index contributed by atoms with van der Waals surface area (Å²) in [5, 5.41) is 14.4. The number of anilines is 4. The summed E-state index contributed by atoms with van der Waals surface area (Å²) in [6, 6.07) is 6.56. The highest BCUT2D eigenvalue weighted by molar-refractivity contribution is 5.95. The third-order valence-corrected chi connectivity index (χ3v) is 7.65. The Hall–Kier alpha value is -3.37. The maximum absolute atomic E-state index is 12.4. The van der Waals surface area contributed by atoms with Gasteiger partial charge in [-0.25, -0.2) is 19.9 Å². The minimum Gasteiger partial charge on any atom is -0.387 e. The van der Waals surface area contributed by atoms with Crippen molar-refractivity contribution in [2.24, 2.45) is 0 Å². The molecule has 2 bridgehead atoms. The molecule has 36 heavy (non-hydrogen) atoms. The predicted molar refractivity (Wildman–Crippen MR) is 138 cm³/mol. The fourth-order valence-corrected chi connectivity index (χ4v) is 5.76. The highest BCUT2D eigenvalue weighted by Crippen LogP contribution is 2.41. The molecule has 0 radical (unpaired) electrons. The predicted octanol–water partition coefficient (Wildman–Crippen LogP) is 3.02. The number of hydrogen-bond donors (Lipinski definition) is 2. The van der Waals surface area contributed by atoms with Crippen LogP contribution in [0.15, 0.2) is 30.6 Å². The first kappa shape index (κ1) is 23.1. The summed E-state index contributed by atoms with van der Waals surface area (Å²) in [6.45, 7) is 3.64. The number of piperazine rings is 1. The van der Waals surface area contributed by atoms with Crippen molar-refractivity contribution in [2.45, 2.75) is 57.2 Å². The molecule has 10 nitrogen and oxygen atoms in total. The Bertz CT molecular complexity index is 1260. The summed E-state index contributed by atoms with van der Waals surface area (Å²) in [6.07, 6.45) is 8.77. The molecule has 6 rings (SSSR count). The second-order valence-electron chi connectivity index (χ2n) is 10.2. The van der Waals surface area contributed by atoms with Crippen molar-refractivity contribution >= 4 is 40.1 Å². The van der Waals surface area contributed by atoms with Gasteiger partial charge in [0, 0.05) is 36.8 Å². The fraction of sp³-hybridized carbons (Fsp3) is 0.500. The number of fused-ring (bicyclic) bond motifs is 3. The van der Waals surface area contributed by atoms with Crippen LogP contribution in [0.5, 0.6) is 0 Å². The third-order valence-electron chi connectivity index (χ3n) is 7.65. The highest BCUT2D eigenvalue weighted by Gasteiger charge is 2.38. The summed E-state index contributed by atoms with van der Waals surface area (Å²) in [5.41, 5.74) is 2.22. The third kappa shape index (κ3) is 4.24. The minimum absolute atomic E-state index is 0.0763. The molecule has 0 aliphatic carbocycles. The Morgan fingerprint density at radius 1 is 1.06 bits per heavy atom. The number of aromatic nitrogens is 4. The Balaban J connectivity index is 1.30. The van der Waals surface area contributed by atoms with Gasteiger partial charge >= 0.3 is 0 Å². The lowest BCUT2D eigenvalue weighted by atomic mass is 10.0. The van der Waals surface area contributed by atoms with Crippen LogP contribution in [-0.4, -0.2) is 74.6 Å². The molecule has 10 heteroatoms. The lowest BCUT2D eigenvalue weighted by Gasteiger charge is -2.36. The SMILES string of the molecule is CC(O)c1cc2cnc(Nc3ccc(N4CCN(C)CC4=O)cn3)nc2c(N2C3CCCC2CC3)n1. The first-order valence-electron chi connectivity index (χ1n) is 12.8. The number of likely N-dealkylation sites (N-methyl/N-ethyl adjacent to an activating group) is 1. The quantitative estimate of drug-likeness (QED) is 0.560. The number of aliphatic hydroxyl groups excluding tert-OH is 1. The molecule has 3 atom stereocenters. The standard InChI is InChI=1S/C26H32N8O2/c1-16(35)21-12-17-13-28-26(31-24(17)25(29-21)34-18-4-3-5-19(34)7-6-18)30-22-9-8-20(14-27-22)33-11-10-32(2)15-23(33)36/h8-9,12-14,16,18-19,35H,3-7,10-11,15H2,1-2H3,(H,27,28,30,31). The van der Waals surface area contributed by atoms with E-state index < -0.39 is 6.10 Å². The average molecular weight is 489 g/mol. The molecule has 6 heterocycles. The van der Waals surface area contributed by atoms with Crippen molar-refractivity contribution < 1.29 is 9.90 Å². The molecule has 3 aliphatic rings. The molecule has 188 valence electrons. The molecule has 3 unspecified atom stereocenters. The molecule has 2 N–H and O–H groups in total. The monoisotopic (exact) mass is 488 g/mol. The van der Waals surface area contributed by atoms with Gasteiger partial charge < -0.3 is 20.2 Å². The van der Waals surface area contributed by atoms with Crippen LogP contribution in [0.2, 0.25) is 0 Å². The fourth-order valence-electron chi connectivity index (χ4n) is 5.76. The summed E-state index contributed by atoms with van der Waals surface area (Å²) >= 11 is 0. The Labute approximate surface area is 210 Å². The van der Waals surface area contributed by atoms with Gasteiger partial charge in [0.25, 0.3) is 0 Å². The van der Waals surface area contributed by atoms with E-state index in [-0.39, 0.29) is 5.91 Å². The number of aliphatic hydroxyl groups is 1. The lowest BCUT2D eigenvalue weighted by molar-refractivity contribution is -0.120. The molecule has 3 aromatic heterocycles. The van der Waals surface area contributed by atoms with Crippen molar-refractivity contribution in [1.82, 2.24) is 24.8 Å². The minimum atomic E-state index is -0.664. The lowest BCUT2D eigenvalue weighted by Crippen LogP contribution is -2.48. The Kier molecular flexibility index (Phi) is 5.93. The van der Waals surface area contributed by atoms with Gasteiger partial charge in [-0.15, -0.1) is 0 Å². The first-order chi connectivity index (χ1) is 17.5. The molecular weight excluding hydrogens is 456 g/mol. The van der Waals surface area contributed by atoms with Crippen molar-refractivity contribution in [2.75, 3.05) is 41.8 Å². The number of amides is 1. The second-order valence-corrected chi connectivity index (χ2v) is 10.2. The van der Waals surface area contributed by atoms with Gasteiger partial charge in [-0.2, -0.15) is 0 Å². The number of rotatable bonds is 5. The molecule has 3 fully saturated rings. The Morgan fingerprint density at radius 2 is 1.86 bits per heavy atom. The summed E-state index contributed by atoms with van der Waals surface area (Å²) in [4.78, 5) is 37.4. The molecule has 3 saturated heterocycles. The largest absolute Gasteiger partial charge is 0.387 e. The van der Waals surface area contributed by atoms with E-state index in [4.69, 9.17) is 9.97 Å². The highest BCUT2D eigenvalue weighted by atomic mass is 16.3. The van der Waals surface area contributed by atoms with Crippen molar-refractivity contribution in [3.63, 3.8) is 0 Å². The summed E-state index contributed by atoms with van der Waals surface area (Å²) in [5.74, 6) is 1.97. The topological polar surface area (TPSA) is 111 Å². The molecule has 0 saturated carbocycles. The van der Waals surface area contributed by atoms with Crippen LogP contribution in [-0.2, 0) is 4.79 Å². The second kappa shape index (κ2) is 9.25. The van der Waals surface area contributed by atoms with Gasteiger partial charge in [0.2, 0.25) is 11.9 Å². The summed E-state index contributed by atoms with van der Waals surface area (Å²) in [7, 11) is 1.95. The number of hydrogen-bond acceptors (Lipinski definition) is 9. The van der Waals surface area contributed by atoms with Gasteiger partial charge in [0.05, 0.1) is 30.2 Å². The van der Waals surface area contributed by atoms with E-state index in [1.54, 1.807) is 24.2 Å². The molecule has 3 aromatic rings. The molecule has 1 amide bonds. The molecular formula is C26H32N8O2. The van der Waals surface area contributed by atoms with E-state index in [1.807, 2.05) is 30.1 Å². The van der Waals surface area contributed by atoms with E-state index in [0.717, 1.165) is 29.0 Å². The van der Waals surface area contributed by atoms with E-state index in [1.165, 1.54) is 32.1 Å². The van der Waals surface area contributed by atoms with Gasteiger partial charge in [0.1, 0.15) is 11.3 Å². The first-order valence-corrected chi connectivity index (χ1v) is 12.8. The van der Waals surface area contributed by atoms with Crippen molar-refractivity contribution in [3.8, 4) is 0 Å². The normalized spacial score (nSPS) is 23.4. The zero-order chi connectivity index (χ0) is 24.8. The van der Waals surface area contributed by atoms with Crippen molar-refractivity contribution in [1.29, 1.82) is 0 Å². The average Bonchev–Trinajstić information content (AvgIpc) is 3.11. The smallest absolute Gasteiger partial charge is 0.241 e. The van der Waals surface area contributed by atoms with E-state index in [2.05, 4.69) is 20.2 Å². The number of nitrogens with zero attached hydrogens (tertiary/aromatic N) is 7.